The van der Waals surface area contributed by atoms with E-state index < -0.39 is 0 Å². The third kappa shape index (κ3) is 6.35. The average molecular weight is 541 g/mol. The van der Waals surface area contributed by atoms with E-state index in [1.807, 2.05) is 55.5 Å². The Morgan fingerprint density at radius 2 is 1.27 bits per heavy atom. The van der Waals surface area contributed by atoms with Crippen LogP contribution in [-0.4, -0.2) is 40.3 Å². The number of rotatable bonds is 10. The van der Waals surface area contributed by atoms with Crippen LogP contribution in [0.4, 0.5) is 11.4 Å². The summed E-state index contributed by atoms with van der Waals surface area (Å²) in [5.74, 6) is 1.46. The molecule has 1 N–H and O–H groups in total. The number of nitrogens with one attached hydrogen (secondary N) is 1. The third-order valence-corrected chi connectivity index (χ3v) is 6.41. The topological polar surface area (TPSA) is 86.3 Å². The molecular formula is C32H32N2O6. The van der Waals surface area contributed by atoms with Gasteiger partial charge in [0.15, 0.2) is 11.5 Å². The molecule has 0 spiro atoms. The van der Waals surface area contributed by atoms with Crippen molar-refractivity contribution < 1.29 is 28.5 Å². The number of hydrogen-bond donors (Lipinski definition) is 1. The van der Waals surface area contributed by atoms with Gasteiger partial charge in [-0.25, -0.2) is 0 Å². The molecule has 8 nitrogen and oxygen atoms in total. The molecule has 0 radical (unpaired) electrons. The van der Waals surface area contributed by atoms with Gasteiger partial charge in [-0.15, -0.1) is 0 Å². The molecule has 0 saturated carbocycles. The summed E-state index contributed by atoms with van der Waals surface area (Å²) in [7, 11) is 6.18. The van der Waals surface area contributed by atoms with E-state index in [0.29, 0.717) is 45.5 Å². The van der Waals surface area contributed by atoms with Crippen molar-refractivity contribution in [3.05, 3.63) is 107 Å². The quantitative estimate of drug-likeness (QED) is 0.261. The number of carbonyl (C=O) groups is 2. The van der Waals surface area contributed by atoms with Gasteiger partial charge in [0.05, 0.1) is 40.7 Å². The summed E-state index contributed by atoms with van der Waals surface area (Å²) >= 11 is 0. The van der Waals surface area contributed by atoms with Crippen molar-refractivity contribution in [3.63, 3.8) is 0 Å². The minimum Gasteiger partial charge on any atom is -0.497 e. The highest BCUT2D eigenvalue weighted by Crippen LogP contribution is 2.41. The maximum atomic E-state index is 13.9. The first-order valence-corrected chi connectivity index (χ1v) is 12.6. The Kier molecular flexibility index (Phi) is 8.91. The molecule has 0 bridgehead atoms. The lowest BCUT2D eigenvalue weighted by Gasteiger charge is -2.25. The molecule has 4 rings (SSSR count). The Hall–Kier alpha value is -4.98. The lowest BCUT2D eigenvalue weighted by Crippen LogP contribution is -2.30. The zero-order valence-electron chi connectivity index (χ0n) is 23.2. The summed E-state index contributed by atoms with van der Waals surface area (Å²) in [6.45, 7) is 2.24. The molecule has 0 unspecified atom stereocenters. The monoisotopic (exact) mass is 540 g/mol. The van der Waals surface area contributed by atoms with Crippen LogP contribution in [0.5, 0.6) is 23.0 Å². The van der Waals surface area contributed by atoms with E-state index in [2.05, 4.69) is 5.32 Å². The maximum Gasteiger partial charge on any atom is 0.258 e. The van der Waals surface area contributed by atoms with Crippen molar-refractivity contribution >= 4 is 23.2 Å². The lowest BCUT2D eigenvalue weighted by atomic mass is 10.1. The van der Waals surface area contributed by atoms with E-state index in [-0.39, 0.29) is 18.4 Å². The zero-order chi connectivity index (χ0) is 28.6. The summed E-state index contributed by atoms with van der Waals surface area (Å²) in [5, 5.41) is 2.88. The first-order valence-electron chi connectivity index (χ1n) is 12.6. The van der Waals surface area contributed by atoms with Crippen LogP contribution in [0.15, 0.2) is 84.9 Å². The fraction of sp³-hybridized carbons (Fsp3) is 0.188. The number of ether oxygens (including phenoxy) is 4. The molecule has 4 aromatic rings. The second kappa shape index (κ2) is 12.7. The number of nitrogens with zero attached hydrogens (tertiary/aromatic N) is 1. The normalized spacial score (nSPS) is 10.4. The van der Waals surface area contributed by atoms with E-state index in [1.165, 1.54) is 21.3 Å². The number of benzene rings is 4. The van der Waals surface area contributed by atoms with Gasteiger partial charge in [-0.1, -0.05) is 29.8 Å². The first-order chi connectivity index (χ1) is 19.4. The Labute approximate surface area is 234 Å². The molecule has 0 saturated heterocycles. The van der Waals surface area contributed by atoms with Gasteiger partial charge in [0, 0.05) is 28.9 Å². The van der Waals surface area contributed by atoms with Crippen molar-refractivity contribution in [3.8, 4) is 23.0 Å². The number of carbonyl (C=O) groups excluding carboxylic acids is 2. The maximum absolute atomic E-state index is 13.9. The molecule has 0 heterocycles. The summed E-state index contributed by atoms with van der Waals surface area (Å²) in [6.07, 6.45) is 0. The third-order valence-electron chi connectivity index (χ3n) is 6.41. The lowest BCUT2D eigenvalue weighted by molar-refractivity contribution is 0.0982. The molecule has 8 heteroatoms. The number of anilines is 2. The largest absolute Gasteiger partial charge is 0.497 e. The first kappa shape index (κ1) is 28.0. The summed E-state index contributed by atoms with van der Waals surface area (Å²) in [5.41, 5.74) is 4.09. The van der Waals surface area contributed by atoms with E-state index >= 15 is 0 Å². The fourth-order valence-corrected chi connectivity index (χ4v) is 4.18. The number of amides is 2. The van der Waals surface area contributed by atoms with Crippen molar-refractivity contribution in [2.75, 3.05) is 38.7 Å². The highest BCUT2D eigenvalue weighted by Gasteiger charge is 2.23. The van der Waals surface area contributed by atoms with Crippen LogP contribution < -0.4 is 29.2 Å². The molecule has 206 valence electrons. The van der Waals surface area contributed by atoms with Gasteiger partial charge in [0.1, 0.15) is 5.75 Å². The molecule has 0 aliphatic rings. The average Bonchev–Trinajstić information content (AvgIpc) is 3.00. The van der Waals surface area contributed by atoms with E-state index in [0.717, 1.165) is 11.1 Å². The van der Waals surface area contributed by atoms with Crippen molar-refractivity contribution in [1.82, 2.24) is 0 Å². The van der Waals surface area contributed by atoms with Crippen LogP contribution in [0, 0.1) is 6.92 Å². The molecule has 2 amide bonds. The van der Waals surface area contributed by atoms with E-state index in [1.54, 1.807) is 48.4 Å². The molecule has 0 aromatic heterocycles. The highest BCUT2D eigenvalue weighted by atomic mass is 16.5. The summed E-state index contributed by atoms with van der Waals surface area (Å²) in [4.78, 5) is 28.3. The van der Waals surface area contributed by atoms with E-state index in [4.69, 9.17) is 18.9 Å². The van der Waals surface area contributed by atoms with Crippen LogP contribution in [0.2, 0.25) is 0 Å². The Morgan fingerprint density at radius 3 is 1.80 bits per heavy atom. The predicted octanol–water partition coefficient (Wildman–Crippen LogP) is 6.13. The summed E-state index contributed by atoms with van der Waals surface area (Å²) < 4.78 is 21.8. The molecule has 4 aromatic carbocycles. The van der Waals surface area contributed by atoms with Gasteiger partial charge in [-0.05, 0) is 61.0 Å². The molecule has 0 atom stereocenters. The van der Waals surface area contributed by atoms with Gasteiger partial charge in [0.2, 0.25) is 5.75 Å². The number of methoxy groups -OCH3 is 4. The second-order valence-electron chi connectivity index (χ2n) is 9.02. The van der Waals surface area contributed by atoms with Gasteiger partial charge in [-0.3, -0.25) is 9.59 Å². The van der Waals surface area contributed by atoms with Crippen LogP contribution >= 0.6 is 0 Å². The Bertz CT molecular complexity index is 1440. The minimum atomic E-state index is -0.268. The minimum absolute atomic E-state index is 0.261. The smallest absolute Gasteiger partial charge is 0.258 e. The van der Waals surface area contributed by atoms with Crippen molar-refractivity contribution in [2.45, 2.75) is 13.5 Å². The van der Waals surface area contributed by atoms with Gasteiger partial charge in [-0.2, -0.15) is 0 Å². The second-order valence-corrected chi connectivity index (χ2v) is 9.02. The van der Waals surface area contributed by atoms with Crippen molar-refractivity contribution in [1.29, 1.82) is 0 Å². The van der Waals surface area contributed by atoms with Crippen molar-refractivity contribution in [2.24, 2.45) is 0 Å². The van der Waals surface area contributed by atoms with Gasteiger partial charge in [0.25, 0.3) is 11.8 Å². The highest BCUT2D eigenvalue weighted by molar-refractivity contribution is 6.08. The summed E-state index contributed by atoms with van der Waals surface area (Å²) in [6, 6.07) is 25.0. The van der Waals surface area contributed by atoms with Crippen LogP contribution in [0.25, 0.3) is 0 Å². The number of aryl methyl sites for hydroxylation is 1. The van der Waals surface area contributed by atoms with Crippen LogP contribution in [0.1, 0.15) is 31.8 Å². The molecule has 0 aliphatic heterocycles. The zero-order valence-corrected chi connectivity index (χ0v) is 23.2. The molecule has 0 fully saturated rings. The molecule has 40 heavy (non-hydrogen) atoms. The van der Waals surface area contributed by atoms with Gasteiger partial charge < -0.3 is 29.2 Å². The van der Waals surface area contributed by atoms with Crippen LogP contribution in [0.3, 0.4) is 0 Å². The Morgan fingerprint density at radius 1 is 0.700 bits per heavy atom. The SMILES string of the molecule is COc1ccc(CN(C(=O)c2ccc(C(=O)Nc3ccc(C)cc3)cc2)c2cc(OC)c(OC)c(OC)c2)cc1. The number of hydrogen-bond acceptors (Lipinski definition) is 6. The molecule has 0 aliphatic carbocycles. The standard InChI is InChI=1S/C32H32N2O6/c1-21-6-14-25(15-7-21)33-31(35)23-10-12-24(13-11-23)32(36)34(20-22-8-16-27(37-2)17-9-22)26-18-28(38-3)30(40-5)29(19-26)39-4/h6-19H,20H2,1-5H3,(H,33,35). The predicted molar refractivity (Wildman–Crippen MR) is 155 cm³/mol. The Balaban J connectivity index is 1.66. The van der Waals surface area contributed by atoms with Gasteiger partial charge >= 0.3 is 0 Å². The van der Waals surface area contributed by atoms with Crippen LogP contribution in [-0.2, 0) is 6.54 Å². The molecular weight excluding hydrogens is 508 g/mol. The fourth-order valence-electron chi connectivity index (χ4n) is 4.18. The van der Waals surface area contributed by atoms with E-state index in [9.17, 15) is 9.59 Å².